The monoisotopic (exact) mass is 350 g/mol. The molecule has 0 atom stereocenters. The van der Waals surface area contributed by atoms with E-state index in [0.29, 0.717) is 21.4 Å². The van der Waals surface area contributed by atoms with Gasteiger partial charge in [0.1, 0.15) is 0 Å². The Hall–Kier alpha value is -2.48. The van der Waals surface area contributed by atoms with E-state index in [1.54, 1.807) is 19.3 Å². The number of nitro benzene ring substituents is 1. The van der Waals surface area contributed by atoms with Crippen molar-refractivity contribution in [2.75, 3.05) is 17.7 Å². The Morgan fingerprint density at radius 2 is 2.10 bits per heavy atom. The predicted octanol–water partition coefficient (Wildman–Crippen LogP) is 3.05. The second-order valence-electron chi connectivity index (χ2n) is 4.05. The molecule has 7 nitrogen and oxygen atoms in total. The van der Waals surface area contributed by atoms with Crippen LogP contribution >= 0.6 is 15.9 Å². The molecule has 0 fully saturated rings. The van der Waals surface area contributed by atoms with Crippen molar-refractivity contribution >= 4 is 38.9 Å². The van der Waals surface area contributed by atoms with Crippen LogP contribution in [0.4, 0.5) is 17.1 Å². The van der Waals surface area contributed by atoms with E-state index in [-0.39, 0.29) is 5.69 Å². The smallest absolute Gasteiger partial charge is 0.271 e. The van der Waals surface area contributed by atoms with Crippen LogP contribution in [0.25, 0.3) is 0 Å². The molecule has 0 radical (unpaired) electrons. The van der Waals surface area contributed by atoms with E-state index in [1.807, 2.05) is 0 Å². The third-order valence-corrected chi connectivity index (χ3v) is 3.44. The lowest BCUT2D eigenvalue weighted by atomic mass is 10.2. The Kier molecular flexibility index (Phi) is 4.49. The normalized spacial score (nSPS) is 10.0. The van der Waals surface area contributed by atoms with Crippen molar-refractivity contribution in [1.29, 1.82) is 0 Å². The van der Waals surface area contributed by atoms with Crippen LogP contribution in [0.15, 0.2) is 41.1 Å². The van der Waals surface area contributed by atoms with Crippen LogP contribution in [0.5, 0.6) is 0 Å². The van der Waals surface area contributed by atoms with Gasteiger partial charge in [0.15, 0.2) is 0 Å². The van der Waals surface area contributed by atoms with Crippen molar-refractivity contribution in [2.24, 2.45) is 0 Å². The summed E-state index contributed by atoms with van der Waals surface area (Å²) in [5.74, 6) is -0.409. The molecule has 0 saturated heterocycles. The molecular formula is C13H11BrN4O3. The van der Waals surface area contributed by atoms with E-state index < -0.39 is 10.8 Å². The summed E-state index contributed by atoms with van der Waals surface area (Å²) in [6.07, 6.45) is 2.98. The molecule has 1 heterocycles. The number of carbonyl (C=O) groups excluding carboxylic acids is 1. The molecule has 1 aromatic carbocycles. The van der Waals surface area contributed by atoms with E-state index in [1.165, 1.54) is 24.4 Å². The van der Waals surface area contributed by atoms with Gasteiger partial charge in [-0.05, 0) is 28.1 Å². The zero-order valence-electron chi connectivity index (χ0n) is 11.0. The summed E-state index contributed by atoms with van der Waals surface area (Å²) in [5.41, 5.74) is 1.18. The number of hydrogen-bond acceptors (Lipinski definition) is 5. The molecule has 2 rings (SSSR count). The molecule has 0 unspecified atom stereocenters. The molecule has 0 aliphatic carbocycles. The first kappa shape index (κ1) is 14.9. The van der Waals surface area contributed by atoms with Gasteiger partial charge in [0.25, 0.3) is 11.6 Å². The molecule has 0 aliphatic rings. The molecule has 2 aromatic rings. The minimum atomic E-state index is -0.523. The number of pyridine rings is 1. The van der Waals surface area contributed by atoms with Gasteiger partial charge < -0.3 is 10.6 Å². The number of nitrogens with zero attached hydrogens (tertiary/aromatic N) is 2. The number of halogens is 1. The second kappa shape index (κ2) is 6.31. The summed E-state index contributed by atoms with van der Waals surface area (Å²) in [6.45, 7) is 0. The van der Waals surface area contributed by atoms with Crippen LogP contribution in [-0.2, 0) is 0 Å². The molecule has 21 heavy (non-hydrogen) atoms. The summed E-state index contributed by atoms with van der Waals surface area (Å²) < 4.78 is 0.552. The average molecular weight is 351 g/mol. The lowest BCUT2D eigenvalue weighted by Crippen LogP contribution is -2.14. The van der Waals surface area contributed by atoms with Gasteiger partial charge in [-0.3, -0.25) is 19.9 Å². The molecule has 0 bridgehead atoms. The fourth-order valence-electron chi connectivity index (χ4n) is 1.71. The number of aromatic nitrogens is 1. The molecule has 8 heteroatoms. The van der Waals surface area contributed by atoms with Crippen LogP contribution in [0.3, 0.4) is 0 Å². The van der Waals surface area contributed by atoms with Crippen molar-refractivity contribution in [2.45, 2.75) is 0 Å². The fourth-order valence-corrected chi connectivity index (χ4v) is 2.05. The van der Waals surface area contributed by atoms with Gasteiger partial charge in [-0.2, -0.15) is 0 Å². The topological polar surface area (TPSA) is 97.2 Å². The number of rotatable bonds is 4. The van der Waals surface area contributed by atoms with Crippen molar-refractivity contribution in [1.82, 2.24) is 4.98 Å². The van der Waals surface area contributed by atoms with Crippen molar-refractivity contribution in [3.63, 3.8) is 0 Å². The predicted molar refractivity (Wildman–Crippen MR) is 82.5 cm³/mol. The first-order valence-corrected chi connectivity index (χ1v) is 6.69. The Morgan fingerprint density at radius 3 is 2.76 bits per heavy atom. The number of non-ortho nitro benzene ring substituents is 1. The summed E-state index contributed by atoms with van der Waals surface area (Å²) in [7, 11) is 1.69. The van der Waals surface area contributed by atoms with Crippen molar-refractivity contribution in [3.05, 3.63) is 56.8 Å². The van der Waals surface area contributed by atoms with Gasteiger partial charge in [-0.1, -0.05) is 0 Å². The number of anilines is 2. The fraction of sp³-hybridized carbons (Fsp3) is 0.0769. The third-order valence-electron chi connectivity index (χ3n) is 2.74. The third kappa shape index (κ3) is 3.34. The van der Waals surface area contributed by atoms with Crippen LogP contribution in [-0.4, -0.2) is 22.9 Å². The minimum Gasteiger partial charge on any atom is -0.387 e. The van der Waals surface area contributed by atoms with E-state index in [9.17, 15) is 14.9 Å². The lowest BCUT2D eigenvalue weighted by Gasteiger charge is -2.10. The summed E-state index contributed by atoms with van der Waals surface area (Å²) in [5, 5.41) is 16.3. The average Bonchev–Trinajstić information content (AvgIpc) is 2.49. The molecule has 0 spiro atoms. The minimum absolute atomic E-state index is 0.103. The molecular weight excluding hydrogens is 340 g/mol. The van der Waals surface area contributed by atoms with Gasteiger partial charge in [-0.15, -0.1) is 0 Å². The standard InChI is InChI=1S/C13H11BrN4O3/c1-15-11-4-5-16-7-9(11)13(19)17-12-6-8(18(20)21)2-3-10(12)14/h2-7H,1H3,(H,15,16)(H,17,19). The SMILES string of the molecule is CNc1ccncc1C(=O)Nc1cc([N+](=O)[O-])ccc1Br. The largest absolute Gasteiger partial charge is 0.387 e. The van der Waals surface area contributed by atoms with Crippen LogP contribution < -0.4 is 10.6 Å². The van der Waals surface area contributed by atoms with Gasteiger partial charge >= 0.3 is 0 Å². The maximum Gasteiger partial charge on any atom is 0.271 e. The van der Waals surface area contributed by atoms with E-state index in [0.717, 1.165) is 0 Å². The number of hydrogen-bond donors (Lipinski definition) is 2. The van der Waals surface area contributed by atoms with Crippen LogP contribution in [0.1, 0.15) is 10.4 Å². The Bertz CT molecular complexity index is 706. The van der Waals surface area contributed by atoms with E-state index in [4.69, 9.17) is 0 Å². The Balaban J connectivity index is 2.31. The van der Waals surface area contributed by atoms with Gasteiger partial charge in [-0.25, -0.2) is 0 Å². The zero-order chi connectivity index (χ0) is 15.4. The van der Waals surface area contributed by atoms with Crippen molar-refractivity contribution in [3.8, 4) is 0 Å². The van der Waals surface area contributed by atoms with Gasteiger partial charge in [0.2, 0.25) is 0 Å². The highest BCUT2D eigenvalue weighted by atomic mass is 79.9. The van der Waals surface area contributed by atoms with E-state index >= 15 is 0 Å². The maximum absolute atomic E-state index is 12.2. The van der Waals surface area contributed by atoms with Gasteiger partial charge in [0, 0.05) is 41.7 Å². The number of nitro groups is 1. The highest BCUT2D eigenvalue weighted by molar-refractivity contribution is 9.10. The second-order valence-corrected chi connectivity index (χ2v) is 4.90. The maximum atomic E-state index is 12.2. The first-order chi connectivity index (χ1) is 10.0. The van der Waals surface area contributed by atoms with Gasteiger partial charge in [0.05, 0.1) is 16.2 Å². The highest BCUT2D eigenvalue weighted by Crippen LogP contribution is 2.28. The number of nitrogens with one attached hydrogen (secondary N) is 2. The molecule has 1 amide bonds. The molecule has 1 aromatic heterocycles. The van der Waals surface area contributed by atoms with Crippen LogP contribution in [0.2, 0.25) is 0 Å². The van der Waals surface area contributed by atoms with E-state index in [2.05, 4.69) is 31.5 Å². The molecule has 0 aliphatic heterocycles. The molecule has 2 N–H and O–H groups in total. The zero-order valence-corrected chi connectivity index (χ0v) is 12.5. The number of carbonyl (C=O) groups is 1. The quantitative estimate of drug-likeness (QED) is 0.652. The summed E-state index contributed by atoms with van der Waals surface area (Å²) in [4.78, 5) is 26.4. The van der Waals surface area contributed by atoms with Crippen molar-refractivity contribution < 1.29 is 9.72 Å². The summed E-state index contributed by atoms with van der Waals surface area (Å²) >= 11 is 3.25. The molecule has 108 valence electrons. The molecule has 0 saturated carbocycles. The number of benzene rings is 1. The highest BCUT2D eigenvalue weighted by Gasteiger charge is 2.15. The number of amides is 1. The Labute approximate surface area is 128 Å². The van der Waals surface area contributed by atoms with Crippen LogP contribution in [0, 0.1) is 10.1 Å². The Morgan fingerprint density at radius 1 is 1.33 bits per heavy atom. The first-order valence-electron chi connectivity index (χ1n) is 5.90. The lowest BCUT2D eigenvalue weighted by molar-refractivity contribution is -0.384. The summed E-state index contributed by atoms with van der Waals surface area (Å²) in [6, 6.07) is 5.81.